The Morgan fingerprint density at radius 3 is 2.79 bits per heavy atom. The lowest BCUT2D eigenvalue weighted by Crippen LogP contribution is -2.25. The standard InChI is InChI=1S/C17H18ClF2N3O/c1-3-14-22-16(18)9(2)17(23-14)21-13-6-7-24-15(13)10-4-5-11(19)12(20)8-10/h4-5,8,13,15H,3,6-7H2,1-2H3,(H,21,22,23). The van der Waals surface area contributed by atoms with Crippen molar-refractivity contribution in [1.29, 1.82) is 0 Å². The van der Waals surface area contributed by atoms with Gasteiger partial charge in [-0.2, -0.15) is 0 Å². The number of nitrogens with zero attached hydrogens (tertiary/aromatic N) is 2. The molecule has 1 N–H and O–H groups in total. The first kappa shape index (κ1) is 17.0. The summed E-state index contributed by atoms with van der Waals surface area (Å²) >= 11 is 6.16. The molecule has 0 aliphatic carbocycles. The number of aromatic nitrogens is 2. The molecule has 4 nitrogen and oxygen atoms in total. The van der Waals surface area contributed by atoms with E-state index in [-0.39, 0.29) is 12.1 Å². The van der Waals surface area contributed by atoms with Crippen LogP contribution in [0.2, 0.25) is 5.15 Å². The summed E-state index contributed by atoms with van der Waals surface area (Å²) in [6, 6.07) is 3.73. The second-order valence-corrected chi connectivity index (χ2v) is 6.12. The Labute approximate surface area is 144 Å². The summed E-state index contributed by atoms with van der Waals surface area (Å²) in [5, 5.41) is 3.74. The third-order valence-corrected chi connectivity index (χ3v) is 4.50. The maximum Gasteiger partial charge on any atom is 0.159 e. The Morgan fingerprint density at radius 2 is 2.08 bits per heavy atom. The maximum absolute atomic E-state index is 13.5. The number of hydrogen-bond acceptors (Lipinski definition) is 4. The summed E-state index contributed by atoms with van der Waals surface area (Å²) in [6.45, 7) is 4.32. The van der Waals surface area contributed by atoms with Crippen molar-refractivity contribution in [2.24, 2.45) is 0 Å². The van der Waals surface area contributed by atoms with Gasteiger partial charge in [0.05, 0.1) is 6.04 Å². The fourth-order valence-corrected chi connectivity index (χ4v) is 2.95. The lowest BCUT2D eigenvalue weighted by atomic mass is 10.0. The van der Waals surface area contributed by atoms with Crippen LogP contribution in [0, 0.1) is 18.6 Å². The predicted molar refractivity (Wildman–Crippen MR) is 88.2 cm³/mol. The molecule has 0 saturated carbocycles. The van der Waals surface area contributed by atoms with E-state index in [1.54, 1.807) is 6.07 Å². The molecule has 0 spiro atoms. The molecule has 0 radical (unpaired) electrons. The molecule has 2 atom stereocenters. The van der Waals surface area contributed by atoms with Gasteiger partial charge in [-0.25, -0.2) is 18.7 Å². The molecule has 1 aromatic carbocycles. The highest BCUT2D eigenvalue weighted by atomic mass is 35.5. The third-order valence-electron chi connectivity index (χ3n) is 4.13. The lowest BCUT2D eigenvalue weighted by Gasteiger charge is -2.22. The number of anilines is 1. The highest BCUT2D eigenvalue weighted by molar-refractivity contribution is 6.30. The summed E-state index contributed by atoms with van der Waals surface area (Å²) in [5.41, 5.74) is 1.35. The fraction of sp³-hybridized carbons (Fsp3) is 0.412. The first-order chi connectivity index (χ1) is 11.5. The van der Waals surface area contributed by atoms with Crippen molar-refractivity contribution in [3.63, 3.8) is 0 Å². The van der Waals surface area contributed by atoms with Gasteiger partial charge in [-0.05, 0) is 31.0 Å². The molecule has 2 heterocycles. The van der Waals surface area contributed by atoms with Gasteiger partial charge >= 0.3 is 0 Å². The third kappa shape index (κ3) is 3.35. The van der Waals surface area contributed by atoms with Crippen molar-refractivity contribution >= 4 is 17.4 Å². The zero-order valence-electron chi connectivity index (χ0n) is 13.4. The van der Waals surface area contributed by atoms with Gasteiger partial charge < -0.3 is 10.1 Å². The maximum atomic E-state index is 13.5. The first-order valence-corrected chi connectivity index (χ1v) is 8.23. The van der Waals surface area contributed by atoms with Crippen LogP contribution >= 0.6 is 11.6 Å². The highest BCUT2D eigenvalue weighted by Crippen LogP contribution is 2.33. The van der Waals surface area contributed by atoms with Crippen LogP contribution in [-0.2, 0) is 11.2 Å². The number of ether oxygens (including phenoxy) is 1. The van der Waals surface area contributed by atoms with Gasteiger partial charge in [-0.15, -0.1) is 0 Å². The molecule has 1 aliphatic heterocycles. The van der Waals surface area contributed by atoms with E-state index in [0.717, 1.165) is 18.1 Å². The molecule has 0 bridgehead atoms. The van der Waals surface area contributed by atoms with Crippen molar-refractivity contribution < 1.29 is 13.5 Å². The Balaban J connectivity index is 1.86. The SMILES string of the molecule is CCc1nc(Cl)c(C)c(NC2CCOC2c2ccc(F)c(F)c2)n1. The van der Waals surface area contributed by atoms with Crippen LogP contribution in [0.3, 0.4) is 0 Å². The van der Waals surface area contributed by atoms with Crippen LogP contribution in [0.15, 0.2) is 18.2 Å². The average molecular weight is 354 g/mol. The van der Waals surface area contributed by atoms with Crippen molar-refractivity contribution in [2.45, 2.75) is 38.8 Å². The van der Waals surface area contributed by atoms with Crippen LogP contribution in [0.1, 0.15) is 36.4 Å². The Morgan fingerprint density at radius 1 is 1.29 bits per heavy atom. The molecule has 1 saturated heterocycles. The van der Waals surface area contributed by atoms with Gasteiger partial charge in [0.25, 0.3) is 0 Å². The summed E-state index contributed by atoms with van der Waals surface area (Å²) in [4.78, 5) is 8.70. The molecular weight excluding hydrogens is 336 g/mol. The second kappa shape index (κ2) is 6.99. The summed E-state index contributed by atoms with van der Waals surface area (Å²) < 4.78 is 32.4. The summed E-state index contributed by atoms with van der Waals surface area (Å²) in [6.07, 6.45) is 1.02. The zero-order chi connectivity index (χ0) is 17.3. The molecule has 128 valence electrons. The first-order valence-electron chi connectivity index (χ1n) is 7.85. The minimum atomic E-state index is -0.878. The van der Waals surface area contributed by atoms with Gasteiger partial charge in [-0.1, -0.05) is 24.6 Å². The van der Waals surface area contributed by atoms with E-state index in [1.807, 2.05) is 13.8 Å². The predicted octanol–water partition coefficient (Wildman–Crippen LogP) is 4.22. The number of nitrogens with one attached hydrogen (secondary N) is 1. The van der Waals surface area contributed by atoms with E-state index in [4.69, 9.17) is 16.3 Å². The summed E-state index contributed by atoms with van der Waals surface area (Å²) in [7, 11) is 0. The van der Waals surface area contributed by atoms with Gasteiger partial charge in [-0.3, -0.25) is 0 Å². The largest absolute Gasteiger partial charge is 0.371 e. The van der Waals surface area contributed by atoms with Crippen LogP contribution < -0.4 is 5.32 Å². The molecule has 0 amide bonds. The van der Waals surface area contributed by atoms with Crippen molar-refractivity contribution in [2.75, 3.05) is 11.9 Å². The van der Waals surface area contributed by atoms with E-state index < -0.39 is 11.6 Å². The molecule has 1 fully saturated rings. The second-order valence-electron chi connectivity index (χ2n) is 5.76. The van der Waals surface area contributed by atoms with E-state index in [9.17, 15) is 8.78 Å². The van der Waals surface area contributed by atoms with Crippen molar-refractivity contribution in [3.8, 4) is 0 Å². The van der Waals surface area contributed by atoms with Crippen LogP contribution in [0.5, 0.6) is 0 Å². The number of benzene rings is 1. The van der Waals surface area contributed by atoms with E-state index in [0.29, 0.717) is 35.4 Å². The quantitative estimate of drug-likeness (QED) is 0.836. The molecule has 7 heteroatoms. The topological polar surface area (TPSA) is 47.0 Å². The minimum absolute atomic E-state index is 0.107. The summed E-state index contributed by atoms with van der Waals surface area (Å²) in [5.74, 6) is -0.449. The molecular formula is C17H18ClF2N3O. The van der Waals surface area contributed by atoms with Gasteiger partial charge in [0, 0.05) is 18.6 Å². The van der Waals surface area contributed by atoms with Gasteiger partial charge in [0.15, 0.2) is 11.6 Å². The number of halogens is 3. The van der Waals surface area contributed by atoms with Crippen molar-refractivity contribution in [3.05, 3.63) is 51.9 Å². The molecule has 24 heavy (non-hydrogen) atoms. The Kier molecular flexibility index (Phi) is 4.96. The number of hydrogen-bond donors (Lipinski definition) is 1. The van der Waals surface area contributed by atoms with E-state index in [2.05, 4.69) is 15.3 Å². The van der Waals surface area contributed by atoms with Crippen LogP contribution in [0.25, 0.3) is 0 Å². The van der Waals surface area contributed by atoms with Gasteiger partial charge in [0.2, 0.25) is 0 Å². The lowest BCUT2D eigenvalue weighted by molar-refractivity contribution is 0.107. The van der Waals surface area contributed by atoms with Crippen molar-refractivity contribution in [1.82, 2.24) is 9.97 Å². The Bertz CT molecular complexity index is 757. The molecule has 2 unspecified atom stereocenters. The van der Waals surface area contributed by atoms with E-state index >= 15 is 0 Å². The Hall–Kier alpha value is -1.79. The highest BCUT2D eigenvalue weighted by Gasteiger charge is 2.31. The molecule has 3 rings (SSSR count). The average Bonchev–Trinajstić information content (AvgIpc) is 3.02. The zero-order valence-corrected chi connectivity index (χ0v) is 14.2. The van der Waals surface area contributed by atoms with Crippen LogP contribution in [-0.4, -0.2) is 22.6 Å². The molecule has 1 aliphatic rings. The number of aryl methyl sites for hydroxylation is 1. The molecule has 1 aromatic heterocycles. The number of rotatable bonds is 4. The van der Waals surface area contributed by atoms with Crippen LogP contribution in [0.4, 0.5) is 14.6 Å². The normalized spacial score (nSPS) is 20.4. The minimum Gasteiger partial charge on any atom is -0.371 e. The molecule has 2 aromatic rings. The monoisotopic (exact) mass is 353 g/mol. The van der Waals surface area contributed by atoms with E-state index in [1.165, 1.54) is 6.07 Å². The fourth-order valence-electron chi connectivity index (χ4n) is 2.76. The van der Waals surface area contributed by atoms with Gasteiger partial charge in [0.1, 0.15) is 22.9 Å². The smallest absolute Gasteiger partial charge is 0.159 e.